The first-order chi connectivity index (χ1) is 13.1. The molecule has 0 heterocycles. The summed E-state index contributed by atoms with van der Waals surface area (Å²) in [6.45, 7) is 1.40. The average molecular weight is 459 g/mol. The quantitative estimate of drug-likeness (QED) is 0.707. The van der Waals surface area contributed by atoms with Crippen LogP contribution in [0, 0.1) is 0 Å². The second-order valence-corrected chi connectivity index (χ2v) is 6.97. The lowest BCUT2D eigenvalue weighted by atomic mass is 10.1. The SMILES string of the molecule is C[C@@H](NC(=O)c1ccc(Br)cc1)C(=O)N(C)Cc1ccccc1OC(F)(F)F. The highest BCUT2D eigenvalue weighted by Gasteiger charge is 2.32. The number of hydrogen-bond acceptors (Lipinski definition) is 3. The molecule has 0 fully saturated rings. The maximum atomic E-state index is 12.5. The lowest BCUT2D eigenvalue weighted by Crippen LogP contribution is -2.45. The number of hydrogen-bond donors (Lipinski definition) is 1. The Hall–Kier alpha value is -2.55. The summed E-state index contributed by atoms with van der Waals surface area (Å²) < 4.78 is 42.4. The van der Waals surface area contributed by atoms with Crippen molar-refractivity contribution in [1.82, 2.24) is 10.2 Å². The van der Waals surface area contributed by atoms with Gasteiger partial charge in [0.15, 0.2) is 0 Å². The van der Waals surface area contributed by atoms with Crippen molar-refractivity contribution >= 4 is 27.7 Å². The molecule has 0 saturated carbocycles. The first-order valence-corrected chi connectivity index (χ1v) is 9.01. The van der Waals surface area contributed by atoms with Gasteiger partial charge in [-0.2, -0.15) is 0 Å². The predicted octanol–water partition coefficient (Wildman–Crippen LogP) is 4.12. The van der Waals surface area contributed by atoms with Gasteiger partial charge in [-0.1, -0.05) is 34.1 Å². The van der Waals surface area contributed by atoms with Crippen LogP contribution in [0.4, 0.5) is 13.2 Å². The van der Waals surface area contributed by atoms with Crippen LogP contribution in [-0.2, 0) is 11.3 Å². The zero-order chi connectivity index (χ0) is 20.9. The minimum Gasteiger partial charge on any atom is -0.405 e. The number of ether oxygens (including phenoxy) is 1. The van der Waals surface area contributed by atoms with Crippen molar-refractivity contribution in [2.45, 2.75) is 25.9 Å². The summed E-state index contributed by atoms with van der Waals surface area (Å²) >= 11 is 3.27. The minimum absolute atomic E-state index is 0.108. The molecular formula is C19H18BrF3N2O3. The first kappa shape index (κ1) is 21.7. The number of halogens is 4. The van der Waals surface area contributed by atoms with Crippen LogP contribution in [0.1, 0.15) is 22.8 Å². The number of rotatable bonds is 6. The number of alkyl halides is 3. The molecule has 0 aliphatic heterocycles. The third-order valence-corrected chi connectivity index (χ3v) is 4.34. The topological polar surface area (TPSA) is 58.6 Å². The first-order valence-electron chi connectivity index (χ1n) is 8.22. The fourth-order valence-corrected chi connectivity index (χ4v) is 2.73. The van der Waals surface area contributed by atoms with Gasteiger partial charge in [-0.05, 0) is 37.3 Å². The van der Waals surface area contributed by atoms with Gasteiger partial charge in [0.25, 0.3) is 5.91 Å². The van der Waals surface area contributed by atoms with Crippen molar-refractivity contribution in [3.8, 4) is 5.75 Å². The van der Waals surface area contributed by atoms with Crippen LogP contribution >= 0.6 is 15.9 Å². The lowest BCUT2D eigenvalue weighted by molar-refractivity contribution is -0.275. The summed E-state index contributed by atoms with van der Waals surface area (Å²) in [6, 6.07) is 11.3. The summed E-state index contributed by atoms with van der Waals surface area (Å²) in [4.78, 5) is 26.0. The Labute approximate surface area is 168 Å². The molecule has 0 spiro atoms. The Morgan fingerprint density at radius 3 is 2.36 bits per heavy atom. The molecule has 28 heavy (non-hydrogen) atoms. The Balaban J connectivity index is 2.02. The molecule has 0 bridgehead atoms. The number of para-hydroxylation sites is 1. The van der Waals surface area contributed by atoms with E-state index in [0.717, 1.165) is 4.47 Å². The molecule has 0 unspecified atom stereocenters. The van der Waals surface area contributed by atoms with Crippen molar-refractivity contribution in [3.05, 3.63) is 64.1 Å². The van der Waals surface area contributed by atoms with Crippen molar-refractivity contribution in [1.29, 1.82) is 0 Å². The largest absolute Gasteiger partial charge is 0.573 e. The Kier molecular flexibility index (Phi) is 7.06. The molecule has 5 nitrogen and oxygen atoms in total. The summed E-state index contributed by atoms with van der Waals surface area (Å²) in [5, 5.41) is 2.58. The van der Waals surface area contributed by atoms with Gasteiger partial charge in [0.1, 0.15) is 11.8 Å². The number of nitrogens with one attached hydrogen (secondary N) is 1. The van der Waals surface area contributed by atoms with Gasteiger partial charge in [-0.25, -0.2) is 0 Å². The smallest absolute Gasteiger partial charge is 0.405 e. The minimum atomic E-state index is -4.83. The third-order valence-electron chi connectivity index (χ3n) is 3.81. The fourth-order valence-electron chi connectivity index (χ4n) is 2.47. The monoisotopic (exact) mass is 458 g/mol. The van der Waals surface area contributed by atoms with Crippen molar-refractivity contribution in [3.63, 3.8) is 0 Å². The molecule has 150 valence electrons. The maximum Gasteiger partial charge on any atom is 0.573 e. The van der Waals surface area contributed by atoms with E-state index in [1.54, 1.807) is 30.3 Å². The second kappa shape index (κ2) is 9.09. The summed E-state index contributed by atoms with van der Waals surface area (Å²) in [6.07, 6.45) is -4.83. The molecule has 2 aromatic carbocycles. The van der Waals surface area contributed by atoms with Gasteiger partial charge in [-0.15, -0.1) is 13.2 Å². The van der Waals surface area contributed by atoms with E-state index in [1.165, 1.54) is 37.1 Å². The van der Waals surface area contributed by atoms with Crippen molar-refractivity contribution < 1.29 is 27.5 Å². The molecule has 0 saturated heterocycles. The molecule has 9 heteroatoms. The van der Waals surface area contributed by atoms with Crippen molar-refractivity contribution in [2.75, 3.05) is 7.05 Å². The van der Waals surface area contributed by atoms with Crippen LogP contribution < -0.4 is 10.1 Å². The predicted molar refractivity (Wildman–Crippen MR) is 101 cm³/mol. The molecule has 0 aliphatic carbocycles. The maximum absolute atomic E-state index is 12.5. The highest BCUT2D eigenvalue weighted by molar-refractivity contribution is 9.10. The van der Waals surface area contributed by atoms with E-state index in [-0.39, 0.29) is 17.9 Å². The van der Waals surface area contributed by atoms with E-state index < -0.39 is 24.2 Å². The highest BCUT2D eigenvalue weighted by atomic mass is 79.9. The van der Waals surface area contributed by atoms with Crippen LogP contribution in [0.2, 0.25) is 0 Å². The van der Waals surface area contributed by atoms with Crippen molar-refractivity contribution in [2.24, 2.45) is 0 Å². The van der Waals surface area contributed by atoms with Gasteiger partial charge in [0.2, 0.25) is 5.91 Å². The van der Waals surface area contributed by atoms with E-state index in [9.17, 15) is 22.8 Å². The lowest BCUT2D eigenvalue weighted by Gasteiger charge is -2.23. The number of nitrogens with zero attached hydrogens (tertiary/aromatic N) is 1. The normalized spacial score (nSPS) is 12.2. The van der Waals surface area contributed by atoms with E-state index in [1.807, 2.05) is 0 Å². The molecule has 0 aromatic heterocycles. The highest BCUT2D eigenvalue weighted by Crippen LogP contribution is 2.27. The number of carbonyl (C=O) groups excluding carboxylic acids is 2. The van der Waals surface area contributed by atoms with Crippen LogP contribution in [0.25, 0.3) is 0 Å². The summed E-state index contributed by atoms with van der Waals surface area (Å²) in [5.41, 5.74) is 0.580. The van der Waals surface area contributed by atoms with Gasteiger partial charge >= 0.3 is 6.36 Å². The van der Waals surface area contributed by atoms with Crippen LogP contribution in [0.15, 0.2) is 53.0 Å². The molecule has 1 N–H and O–H groups in total. The summed E-state index contributed by atoms with van der Waals surface area (Å²) in [7, 11) is 1.44. The Bertz CT molecular complexity index is 841. The van der Waals surface area contributed by atoms with Gasteiger partial charge in [0, 0.05) is 29.2 Å². The molecule has 1 atom stereocenters. The van der Waals surface area contributed by atoms with Crippen LogP contribution in [-0.4, -0.2) is 36.2 Å². The zero-order valence-corrected chi connectivity index (χ0v) is 16.7. The Morgan fingerprint density at radius 1 is 1.14 bits per heavy atom. The molecular weight excluding hydrogens is 441 g/mol. The standard InChI is InChI=1S/C19H18BrF3N2O3/c1-12(24-17(26)13-7-9-15(20)10-8-13)18(27)25(2)11-14-5-3-4-6-16(14)28-19(21,22)23/h3-10,12H,11H2,1-2H3,(H,24,26)/t12-/m1/s1. The fraction of sp³-hybridized carbons (Fsp3) is 0.263. The van der Waals surface area contributed by atoms with Crippen LogP contribution in [0.5, 0.6) is 5.75 Å². The summed E-state index contributed by atoms with van der Waals surface area (Å²) in [5.74, 6) is -1.25. The molecule has 2 rings (SSSR count). The number of benzene rings is 2. The number of carbonyl (C=O) groups is 2. The molecule has 2 aromatic rings. The van der Waals surface area contributed by atoms with E-state index in [0.29, 0.717) is 5.56 Å². The van der Waals surface area contributed by atoms with E-state index in [2.05, 4.69) is 26.0 Å². The zero-order valence-electron chi connectivity index (χ0n) is 15.1. The van der Waals surface area contributed by atoms with E-state index in [4.69, 9.17) is 0 Å². The van der Waals surface area contributed by atoms with E-state index >= 15 is 0 Å². The van der Waals surface area contributed by atoms with Gasteiger partial charge in [-0.3, -0.25) is 9.59 Å². The molecule has 2 amide bonds. The van der Waals surface area contributed by atoms with Gasteiger partial charge < -0.3 is 15.0 Å². The average Bonchev–Trinajstić information content (AvgIpc) is 2.61. The Morgan fingerprint density at radius 2 is 1.75 bits per heavy atom. The second-order valence-electron chi connectivity index (χ2n) is 6.05. The molecule has 0 radical (unpaired) electrons. The van der Waals surface area contributed by atoms with Gasteiger partial charge in [0.05, 0.1) is 0 Å². The molecule has 0 aliphatic rings. The van der Waals surface area contributed by atoms with Crippen LogP contribution in [0.3, 0.4) is 0 Å². The number of likely N-dealkylation sites (N-methyl/N-ethyl adjacent to an activating group) is 1. The third kappa shape index (κ3) is 6.26. The number of amides is 2.